The van der Waals surface area contributed by atoms with E-state index in [-0.39, 0.29) is 5.92 Å². The normalized spacial score (nSPS) is 21.7. The average molecular weight is 356 g/mol. The number of amides is 2. The number of likely N-dealkylation sites (tertiary alicyclic amines) is 1. The molecule has 0 radical (unpaired) electrons. The SMILES string of the molecule is O=CN1Cc2ccc(CN3CCC(C(=O)N4CCNCC4)CC3)cc2C1. The van der Waals surface area contributed by atoms with Gasteiger partial charge in [0.05, 0.1) is 0 Å². The number of hydrogen-bond donors (Lipinski definition) is 1. The van der Waals surface area contributed by atoms with Gasteiger partial charge < -0.3 is 15.1 Å². The van der Waals surface area contributed by atoms with Crippen molar-refractivity contribution in [2.45, 2.75) is 32.5 Å². The van der Waals surface area contributed by atoms with Gasteiger partial charge in [0.15, 0.2) is 0 Å². The Balaban J connectivity index is 1.29. The second-order valence-electron chi connectivity index (χ2n) is 7.74. The van der Waals surface area contributed by atoms with Crippen LogP contribution >= 0.6 is 0 Å². The zero-order valence-corrected chi connectivity index (χ0v) is 15.3. The van der Waals surface area contributed by atoms with Crippen molar-refractivity contribution in [1.82, 2.24) is 20.0 Å². The lowest BCUT2D eigenvalue weighted by Gasteiger charge is -2.35. The van der Waals surface area contributed by atoms with E-state index in [2.05, 4.69) is 28.4 Å². The Kier molecular flexibility index (Phi) is 5.22. The van der Waals surface area contributed by atoms with Crippen LogP contribution in [0.15, 0.2) is 18.2 Å². The van der Waals surface area contributed by atoms with Gasteiger partial charge in [-0.25, -0.2) is 0 Å². The lowest BCUT2D eigenvalue weighted by atomic mass is 9.94. The van der Waals surface area contributed by atoms with Gasteiger partial charge in [0, 0.05) is 51.7 Å². The van der Waals surface area contributed by atoms with Crippen molar-refractivity contribution < 1.29 is 9.59 Å². The molecule has 1 N–H and O–H groups in total. The lowest BCUT2D eigenvalue weighted by molar-refractivity contribution is -0.137. The Bertz CT molecular complexity index is 664. The van der Waals surface area contributed by atoms with Crippen LogP contribution in [0.25, 0.3) is 0 Å². The third-order valence-corrected chi connectivity index (χ3v) is 5.94. The van der Waals surface area contributed by atoms with Crippen LogP contribution in [0, 0.1) is 5.92 Å². The Labute approximate surface area is 155 Å². The number of carbonyl (C=O) groups is 2. The molecule has 1 aromatic rings. The van der Waals surface area contributed by atoms with Crippen molar-refractivity contribution in [2.75, 3.05) is 39.3 Å². The van der Waals surface area contributed by atoms with Crippen molar-refractivity contribution in [3.63, 3.8) is 0 Å². The van der Waals surface area contributed by atoms with E-state index >= 15 is 0 Å². The fourth-order valence-corrected chi connectivity index (χ4v) is 4.39. The Morgan fingerprint density at radius 2 is 1.81 bits per heavy atom. The van der Waals surface area contributed by atoms with Gasteiger partial charge in [-0.05, 0) is 42.6 Å². The maximum Gasteiger partial charge on any atom is 0.225 e. The topological polar surface area (TPSA) is 55.9 Å². The Hall–Kier alpha value is -1.92. The Morgan fingerprint density at radius 3 is 2.54 bits per heavy atom. The fourth-order valence-electron chi connectivity index (χ4n) is 4.39. The molecule has 0 atom stereocenters. The molecule has 3 heterocycles. The first kappa shape index (κ1) is 17.5. The number of nitrogens with zero attached hydrogens (tertiary/aromatic N) is 3. The second kappa shape index (κ2) is 7.76. The van der Waals surface area contributed by atoms with E-state index in [9.17, 15) is 9.59 Å². The van der Waals surface area contributed by atoms with Gasteiger partial charge in [0.2, 0.25) is 12.3 Å². The number of hydrogen-bond acceptors (Lipinski definition) is 4. The summed E-state index contributed by atoms with van der Waals surface area (Å²) in [6, 6.07) is 6.59. The molecule has 3 aliphatic heterocycles. The van der Waals surface area contributed by atoms with Crippen molar-refractivity contribution in [2.24, 2.45) is 5.92 Å². The van der Waals surface area contributed by atoms with Crippen molar-refractivity contribution in [1.29, 1.82) is 0 Å². The highest BCUT2D eigenvalue weighted by molar-refractivity contribution is 5.79. The second-order valence-corrected chi connectivity index (χ2v) is 7.74. The van der Waals surface area contributed by atoms with E-state index in [0.717, 1.165) is 78.2 Å². The zero-order valence-electron chi connectivity index (χ0n) is 15.3. The van der Waals surface area contributed by atoms with Crippen LogP contribution < -0.4 is 5.32 Å². The van der Waals surface area contributed by atoms with E-state index in [1.54, 1.807) is 0 Å². The predicted molar refractivity (Wildman–Crippen MR) is 99.2 cm³/mol. The first-order valence-corrected chi connectivity index (χ1v) is 9.75. The van der Waals surface area contributed by atoms with Crippen molar-refractivity contribution in [3.05, 3.63) is 34.9 Å². The highest BCUT2D eigenvalue weighted by atomic mass is 16.2. The average Bonchev–Trinajstić information content (AvgIpc) is 3.11. The van der Waals surface area contributed by atoms with Gasteiger partial charge in [-0.2, -0.15) is 0 Å². The minimum atomic E-state index is 0.200. The summed E-state index contributed by atoms with van der Waals surface area (Å²) in [7, 11) is 0. The highest BCUT2D eigenvalue weighted by Gasteiger charge is 2.29. The number of nitrogens with one attached hydrogen (secondary N) is 1. The standard InChI is InChI=1S/C20H28N4O2/c25-15-23-13-18-2-1-16(11-19(18)14-23)12-22-7-3-17(4-8-22)20(26)24-9-5-21-6-10-24/h1-2,11,15,17,21H,3-10,12-14H2. The molecule has 0 unspecified atom stereocenters. The molecule has 3 aliphatic rings. The van der Waals surface area contributed by atoms with E-state index < -0.39 is 0 Å². The molecular weight excluding hydrogens is 328 g/mol. The molecular formula is C20H28N4O2. The molecule has 6 heteroatoms. The van der Waals surface area contributed by atoms with E-state index in [1.807, 2.05) is 9.80 Å². The maximum atomic E-state index is 12.7. The molecule has 2 saturated heterocycles. The van der Waals surface area contributed by atoms with Crippen LogP contribution in [-0.2, 0) is 29.2 Å². The molecule has 4 rings (SSSR count). The molecule has 0 saturated carbocycles. The summed E-state index contributed by atoms with van der Waals surface area (Å²) in [5, 5.41) is 3.31. The molecule has 0 bridgehead atoms. The fraction of sp³-hybridized carbons (Fsp3) is 0.600. The minimum absolute atomic E-state index is 0.200. The number of piperidine rings is 1. The third-order valence-electron chi connectivity index (χ3n) is 5.94. The zero-order chi connectivity index (χ0) is 17.9. The van der Waals surface area contributed by atoms with E-state index in [0.29, 0.717) is 5.91 Å². The van der Waals surface area contributed by atoms with Crippen molar-refractivity contribution in [3.8, 4) is 0 Å². The summed E-state index contributed by atoms with van der Waals surface area (Å²) in [4.78, 5) is 29.9. The smallest absolute Gasteiger partial charge is 0.225 e. The summed E-state index contributed by atoms with van der Waals surface area (Å²) >= 11 is 0. The van der Waals surface area contributed by atoms with Gasteiger partial charge in [-0.3, -0.25) is 14.5 Å². The van der Waals surface area contributed by atoms with Crippen LogP contribution in [0.4, 0.5) is 0 Å². The summed E-state index contributed by atoms with van der Waals surface area (Å²) < 4.78 is 0. The van der Waals surface area contributed by atoms with Gasteiger partial charge in [-0.1, -0.05) is 18.2 Å². The molecule has 2 amide bonds. The molecule has 6 nitrogen and oxygen atoms in total. The van der Waals surface area contributed by atoms with Crippen LogP contribution in [0.3, 0.4) is 0 Å². The van der Waals surface area contributed by atoms with Gasteiger partial charge in [-0.15, -0.1) is 0 Å². The molecule has 0 spiro atoms. The van der Waals surface area contributed by atoms with Crippen LogP contribution in [0.2, 0.25) is 0 Å². The van der Waals surface area contributed by atoms with Gasteiger partial charge >= 0.3 is 0 Å². The number of benzene rings is 1. The predicted octanol–water partition coefficient (Wildman–Crippen LogP) is 0.802. The summed E-state index contributed by atoms with van der Waals surface area (Å²) in [5.41, 5.74) is 3.85. The minimum Gasteiger partial charge on any atom is -0.340 e. The molecule has 26 heavy (non-hydrogen) atoms. The van der Waals surface area contributed by atoms with Crippen molar-refractivity contribution >= 4 is 12.3 Å². The summed E-state index contributed by atoms with van der Waals surface area (Å²) in [5.74, 6) is 0.558. The molecule has 1 aromatic carbocycles. The van der Waals surface area contributed by atoms with Gasteiger partial charge in [0.25, 0.3) is 0 Å². The number of fused-ring (bicyclic) bond motifs is 1. The Morgan fingerprint density at radius 1 is 1.08 bits per heavy atom. The largest absolute Gasteiger partial charge is 0.340 e. The quantitative estimate of drug-likeness (QED) is 0.811. The number of carbonyl (C=O) groups excluding carboxylic acids is 2. The molecule has 0 aliphatic carbocycles. The van der Waals surface area contributed by atoms with Crippen LogP contribution in [0.5, 0.6) is 0 Å². The highest BCUT2D eigenvalue weighted by Crippen LogP contribution is 2.25. The lowest BCUT2D eigenvalue weighted by Crippen LogP contribution is -2.50. The van der Waals surface area contributed by atoms with Crippen LogP contribution in [-0.4, -0.2) is 66.3 Å². The van der Waals surface area contributed by atoms with Gasteiger partial charge in [0.1, 0.15) is 0 Å². The van der Waals surface area contributed by atoms with E-state index in [1.165, 1.54) is 16.7 Å². The number of rotatable bonds is 4. The molecule has 2 fully saturated rings. The summed E-state index contributed by atoms with van der Waals surface area (Å²) in [6.07, 6.45) is 2.86. The third kappa shape index (κ3) is 3.76. The molecule has 140 valence electrons. The van der Waals surface area contributed by atoms with E-state index in [4.69, 9.17) is 0 Å². The first-order valence-electron chi connectivity index (χ1n) is 9.75. The van der Waals surface area contributed by atoms with Crippen LogP contribution in [0.1, 0.15) is 29.5 Å². The maximum absolute atomic E-state index is 12.7. The monoisotopic (exact) mass is 356 g/mol. The molecule has 0 aromatic heterocycles. The summed E-state index contributed by atoms with van der Waals surface area (Å²) in [6.45, 7) is 7.92. The first-order chi connectivity index (χ1) is 12.7. The number of piperazine rings is 1.